The minimum absolute atomic E-state index is 0.0198. The zero-order chi connectivity index (χ0) is 27.5. The molecular weight excluding hydrogens is 522 g/mol. The highest BCUT2D eigenvalue weighted by atomic mass is 32.2. The quantitative estimate of drug-likeness (QED) is 0.298. The van der Waals surface area contributed by atoms with Crippen LogP contribution >= 0.6 is 0 Å². The van der Waals surface area contributed by atoms with E-state index in [1.807, 2.05) is 56.3 Å². The molecule has 0 bridgehead atoms. The van der Waals surface area contributed by atoms with E-state index in [2.05, 4.69) is 10.0 Å². The summed E-state index contributed by atoms with van der Waals surface area (Å²) in [6, 6.07) is 25.5. The van der Waals surface area contributed by atoms with Crippen molar-refractivity contribution in [2.75, 3.05) is 27.1 Å². The third kappa shape index (κ3) is 6.32. The molecule has 0 aliphatic heterocycles. The molecule has 8 nitrogen and oxygen atoms in total. The predicted molar refractivity (Wildman–Crippen MR) is 153 cm³/mol. The van der Waals surface area contributed by atoms with Crippen LogP contribution < -0.4 is 14.3 Å². The predicted octanol–water partition coefficient (Wildman–Crippen LogP) is 5.17. The van der Waals surface area contributed by atoms with Gasteiger partial charge in [0.15, 0.2) is 0 Å². The fourth-order valence-electron chi connectivity index (χ4n) is 3.99. The smallest absolute Gasteiger partial charge is 0.261 e. The van der Waals surface area contributed by atoms with E-state index in [1.54, 1.807) is 24.3 Å². The summed E-state index contributed by atoms with van der Waals surface area (Å²) >= 11 is 0. The molecule has 2 N–H and O–H groups in total. The Kier molecular flexibility index (Phi) is 7.75. The van der Waals surface area contributed by atoms with Crippen molar-refractivity contribution in [3.8, 4) is 0 Å². The van der Waals surface area contributed by atoms with Gasteiger partial charge >= 0.3 is 0 Å². The van der Waals surface area contributed by atoms with Crippen LogP contribution in [0.5, 0.6) is 0 Å². The molecule has 0 aromatic heterocycles. The standard InChI is InChI=1S/C28H29N3O5S2/c1-20(2)21-11-15-24(16-12-21)31(37(3,33)34)19-28(32)29-23-13-17-25(18-14-23)38(35,36)30-27-10-6-8-22-7-4-5-9-26(22)27/h4-18,20,30H,19H2,1-3H3,(H,29,32). The number of nitrogens with zero attached hydrogens (tertiary/aromatic N) is 1. The molecule has 0 saturated heterocycles. The van der Waals surface area contributed by atoms with Crippen LogP contribution in [-0.2, 0) is 24.8 Å². The van der Waals surface area contributed by atoms with Gasteiger partial charge in [-0.3, -0.25) is 13.8 Å². The van der Waals surface area contributed by atoms with Gasteiger partial charge in [-0.05, 0) is 59.3 Å². The van der Waals surface area contributed by atoms with E-state index in [9.17, 15) is 21.6 Å². The largest absolute Gasteiger partial charge is 0.325 e. The third-order valence-electron chi connectivity index (χ3n) is 6.02. The SMILES string of the molecule is CC(C)c1ccc(N(CC(=O)Nc2ccc(S(=O)(=O)Nc3cccc4ccccc34)cc2)S(C)(=O)=O)cc1. The number of carbonyl (C=O) groups excluding carboxylic acids is 1. The molecule has 38 heavy (non-hydrogen) atoms. The van der Waals surface area contributed by atoms with E-state index in [-0.39, 0.29) is 10.8 Å². The minimum Gasteiger partial charge on any atom is -0.325 e. The van der Waals surface area contributed by atoms with Crippen molar-refractivity contribution in [3.05, 3.63) is 96.6 Å². The highest BCUT2D eigenvalue weighted by Crippen LogP contribution is 2.26. The number of sulfonamides is 2. The molecule has 0 unspecified atom stereocenters. The van der Waals surface area contributed by atoms with Crippen molar-refractivity contribution in [2.24, 2.45) is 0 Å². The molecule has 4 aromatic carbocycles. The number of nitrogens with one attached hydrogen (secondary N) is 2. The minimum atomic E-state index is -3.88. The summed E-state index contributed by atoms with van der Waals surface area (Å²) in [5, 5.41) is 4.32. The molecule has 4 aromatic rings. The van der Waals surface area contributed by atoms with E-state index in [0.717, 1.165) is 26.9 Å². The van der Waals surface area contributed by atoms with Crippen molar-refractivity contribution >= 4 is 53.8 Å². The number of hydrogen-bond acceptors (Lipinski definition) is 5. The molecule has 0 fully saturated rings. The first-order valence-electron chi connectivity index (χ1n) is 11.9. The molecule has 0 heterocycles. The lowest BCUT2D eigenvalue weighted by Gasteiger charge is -2.22. The maximum Gasteiger partial charge on any atom is 0.261 e. The van der Waals surface area contributed by atoms with Crippen molar-refractivity contribution in [3.63, 3.8) is 0 Å². The molecule has 0 atom stereocenters. The summed E-state index contributed by atoms with van der Waals surface area (Å²) in [7, 11) is -7.61. The summed E-state index contributed by atoms with van der Waals surface area (Å²) in [6.45, 7) is 3.64. The lowest BCUT2D eigenvalue weighted by Crippen LogP contribution is -2.37. The van der Waals surface area contributed by atoms with Gasteiger partial charge in [0.05, 0.1) is 22.5 Å². The Morgan fingerprint density at radius 1 is 0.816 bits per heavy atom. The van der Waals surface area contributed by atoms with Crippen LogP contribution in [0.15, 0.2) is 95.9 Å². The second kappa shape index (κ2) is 10.8. The fraction of sp³-hybridized carbons (Fsp3) is 0.179. The van der Waals surface area contributed by atoms with Gasteiger partial charge in [0, 0.05) is 11.1 Å². The van der Waals surface area contributed by atoms with Gasteiger partial charge in [-0.15, -0.1) is 0 Å². The lowest BCUT2D eigenvalue weighted by molar-refractivity contribution is -0.114. The molecule has 4 rings (SSSR count). The van der Waals surface area contributed by atoms with Gasteiger partial charge in [0.2, 0.25) is 15.9 Å². The number of anilines is 3. The van der Waals surface area contributed by atoms with Crippen LogP contribution in [0.2, 0.25) is 0 Å². The molecule has 198 valence electrons. The van der Waals surface area contributed by atoms with Crippen LogP contribution in [0.1, 0.15) is 25.3 Å². The van der Waals surface area contributed by atoms with E-state index < -0.39 is 32.5 Å². The Hall–Kier alpha value is -3.89. The maximum absolute atomic E-state index is 13.0. The molecule has 0 saturated carbocycles. The first kappa shape index (κ1) is 27.2. The van der Waals surface area contributed by atoms with Gasteiger partial charge in [-0.1, -0.05) is 62.4 Å². The highest BCUT2D eigenvalue weighted by molar-refractivity contribution is 7.92. The average Bonchev–Trinajstić information content (AvgIpc) is 2.87. The zero-order valence-corrected chi connectivity index (χ0v) is 22.9. The van der Waals surface area contributed by atoms with Gasteiger partial charge in [0.1, 0.15) is 6.54 Å². The summed E-state index contributed by atoms with van der Waals surface area (Å²) in [5.41, 5.74) is 2.23. The Labute approximate surface area is 223 Å². The third-order valence-corrected chi connectivity index (χ3v) is 8.54. The maximum atomic E-state index is 13.0. The summed E-state index contributed by atoms with van der Waals surface area (Å²) in [4.78, 5) is 12.7. The average molecular weight is 552 g/mol. The summed E-state index contributed by atoms with van der Waals surface area (Å²) < 4.78 is 54.4. The Bertz CT molecular complexity index is 1660. The van der Waals surface area contributed by atoms with Crippen LogP contribution in [-0.4, -0.2) is 35.5 Å². The molecular formula is C28H29N3O5S2. The number of fused-ring (bicyclic) bond motifs is 1. The Morgan fingerprint density at radius 2 is 1.45 bits per heavy atom. The van der Waals surface area contributed by atoms with Crippen molar-refractivity contribution < 1.29 is 21.6 Å². The van der Waals surface area contributed by atoms with Crippen molar-refractivity contribution in [2.45, 2.75) is 24.7 Å². The second-order valence-corrected chi connectivity index (χ2v) is 12.8. The number of amides is 1. The van der Waals surface area contributed by atoms with Gasteiger partial charge in [-0.25, -0.2) is 16.8 Å². The number of hydrogen-bond donors (Lipinski definition) is 2. The second-order valence-electron chi connectivity index (χ2n) is 9.22. The van der Waals surface area contributed by atoms with Gasteiger partial charge in [0.25, 0.3) is 10.0 Å². The topological polar surface area (TPSA) is 113 Å². The van der Waals surface area contributed by atoms with Gasteiger partial charge < -0.3 is 5.32 Å². The Morgan fingerprint density at radius 3 is 2.08 bits per heavy atom. The van der Waals surface area contributed by atoms with Crippen molar-refractivity contribution in [1.82, 2.24) is 0 Å². The first-order valence-corrected chi connectivity index (χ1v) is 15.3. The fourth-order valence-corrected chi connectivity index (χ4v) is 5.93. The van der Waals surface area contributed by atoms with Crippen molar-refractivity contribution in [1.29, 1.82) is 0 Å². The molecule has 0 radical (unpaired) electrons. The number of carbonyl (C=O) groups is 1. The van der Waals surface area contributed by atoms with E-state index in [0.29, 0.717) is 17.1 Å². The molecule has 10 heteroatoms. The normalized spacial score (nSPS) is 11.9. The molecule has 1 amide bonds. The van der Waals surface area contributed by atoms with Crippen LogP contribution in [0.25, 0.3) is 10.8 Å². The zero-order valence-electron chi connectivity index (χ0n) is 21.2. The number of rotatable bonds is 9. The van der Waals surface area contributed by atoms with Crippen LogP contribution in [0.4, 0.5) is 17.1 Å². The first-order chi connectivity index (χ1) is 17.9. The van der Waals surface area contributed by atoms with Crippen LogP contribution in [0, 0.1) is 0 Å². The van der Waals surface area contributed by atoms with Crippen LogP contribution in [0.3, 0.4) is 0 Å². The van der Waals surface area contributed by atoms with E-state index in [4.69, 9.17) is 0 Å². The lowest BCUT2D eigenvalue weighted by atomic mass is 10.0. The number of benzene rings is 4. The summed E-state index contributed by atoms with van der Waals surface area (Å²) in [5.74, 6) is -0.277. The Balaban J connectivity index is 1.47. The van der Waals surface area contributed by atoms with E-state index in [1.165, 1.54) is 24.3 Å². The highest BCUT2D eigenvalue weighted by Gasteiger charge is 2.21. The molecule has 0 aliphatic rings. The van der Waals surface area contributed by atoms with E-state index >= 15 is 0 Å². The summed E-state index contributed by atoms with van der Waals surface area (Å²) in [6.07, 6.45) is 1.04. The monoisotopic (exact) mass is 551 g/mol. The van der Waals surface area contributed by atoms with Gasteiger partial charge in [-0.2, -0.15) is 0 Å². The molecule has 0 aliphatic carbocycles. The molecule has 0 spiro atoms.